The molecule has 4 heterocycles. The first-order valence-corrected chi connectivity index (χ1v) is 8.29. The lowest BCUT2D eigenvalue weighted by molar-refractivity contribution is -0.130. The number of rotatable bonds is 5. The lowest BCUT2D eigenvalue weighted by atomic mass is 10.2. The van der Waals surface area contributed by atoms with Crippen LogP contribution in [0.5, 0.6) is 0 Å². The highest BCUT2D eigenvalue weighted by molar-refractivity contribution is 5.76. The third-order valence-corrected chi connectivity index (χ3v) is 4.45. The largest absolute Gasteiger partial charge is 0.461 e. The maximum atomic E-state index is 12.3. The average molecular weight is 332 g/mol. The van der Waals surface area contributed by atoms with Crippen molar-refractivity contribution in [2.24, 2.45) is 0 Å². The summed E-state index contributed by atoms with van der Waals surface area (Å²) in [5.74, 6) is 1.69. The molecule has 0 saturated carbocycles. The van der Waals surface area contributed by atoms with Crippen LogP contribution in [-0.4, -0.2) is 59.3 Å². The van der Waals surface area contributed by atoms with E-state index in [1.807, 2.05) is 4.90 Å². The van der Waals surface area contributed by atoms with E-state index >= 15 is 0 Å². The first kappa shape index (κ1) is 15.3. The van der Waals surface area contributed by atoms with Gasteiger partial charge >= 0.3 is 0 Å². The molecular formula is C16H20N4O4. The second-order valence-corrected chi connectivity index (χ2v) is 6.11. The fourth-order valence-corrected chi connectivity index (χ4v) is 3.21. The van der Waals surface area contributed by atoms with Crippen molar-refractivity contribution in [1.29, 1.82) is 0 Å². The van der Waals surface area contributed by atoms with E-state index in [9.17, 15) is 4.79 Å². The molecule has 8 nitrogen and oxygen atoms in total. The van der Waals surface area contributed by atoms with Crippen LogP contribution >= 0.6 is 0 Å². The molecule has 2 fully saturated rings. The molecule has 0 unspecified atom stereocenters. The van der Waals surface area contributed by atoms with Crippen LogP contribution in [0.3, 0.4) is 0 Å². The lowest BCUT2D eigenvalue weighted by Crippen LogP contribution is -2.47. The first-order valence-electron chi connectivity index (χ1n) is 8.29. The van der Waals surface area contributed by atoms with Gasteiger partial charge in [0.2, 0.25) is 17.6 Å². The van der Waals surface area contributed by atoms with Gasteiger partial charge < -0.3 is 23.9 Å². The van der Waals surface area contributed by atoms with Gasteiger partial charge in [-0.1, -0.05) is 5.16 Å². The van der Waals surface area contributed by atoms with E-state index in [-0.39, 0.29) is 18.1 Å². The van der Waals surface area contributed by atoms with E-state index in [1.165, 1.54) is 0 Å². The Bertz CT molecular complexity index is 670. The zero-order chi connectivity index (χ0) is 16.4. The van der Waals surface area contributed by atoms with Crippen LogP contribution in [0.2, 0.25) is 0 Å². The van der Waals surface area contributed by atoms with Gasteiger partial charge in [0.05, 0.1) is 25.0 Å². The van der Waals surface area contributed by atoms with Crippen molar-refractivity contribution in [3.8, 4) is 11.6 Å². The van der Waals surface area contributed by atoms with Gasteiger partial charge in [0.15, 0.2) is 5.76 Å². The highest BCUT2D eigenvalue weighted by atomic mass is 16.5. The van der Waals surface area contributed by atoms with Gasteiger partial charge in [0.1, 0.15) is 0 Å². The third-order valence-electron chi connectivity index (χ3n) is 4.45. The molecule has 2 atom stereocenters. The quantitative estimate of drug-likeness (QED) is 0.867. The molecule has 24 heavy (non-hydrogen) atoms. The summed E-state index contributed by atoms with van der Waals surface area (Å²) in [6.45, 7) is 2.99. The molecule has 2 aliphatic heterocycles. The Kier molecular flexibility index (Phi) is 4.31. The number of amides is 1. The molecule has 8 heteroatoms. The number of carbonyl (C=O) groups excluding carboxylic acids is 1. The van der Waals surface area contributed by atoms with Crippen molar-refractivity contribution in [1.82, 2.24) is 20.4 Å². The predicted molar refractivity (Wildman–Crippen MR) is 83.0 cm³/mol. The Labute approximate surface area is 139 Å². The summed E-state index contributed by atoms with van der Waals surface area (Å²) in [6.07, 6.45) is 3.43. The van der Waals surface area contributed by atoms with Crippen LogP contribution in [0.15, 0.2) is 27.3 Å². The molecule has 2 aliphatic rings. The van der Waals surface area contributed by atoms with Crippen molar-refractivity contribution in [3.05, 3.63) is 24.3 Å². The molecule has 128 valence electrons. The van der Waals surface area contributed by atoms with Gasteiger partial charge in [0.25, 0.3) is 0 Å². The van der Waals surface area contributed by atoms with E-state index < -0.39 is 0 Å². The number of nitrogens with zero attached hydrogens (tertiary/aromatic N) is 3. The molecule has 1 N–H and O–H groups in total. The van der Waals surface area contributed by atoms with Gasteiger partial charge in [-0.25, -0.2) is 0 Å². The van der Waals surface area contributed by atoms with E-state index in [1.54, 1.807) is 18.4 Å². The summed E-state index contributed by atoms with van der Waals surface area (Å²) < 4.78 is 16.1. The number of morpholine rings is 1. The summed E-state index contributed by atoms with van der Waals surface area (Å²) in [5.41, 5.74) is 0. The van der Waals surface area contributed by atoms with Gasteiger partial charge in [-0.2, -0.15) is 4.98 Å². The summed E-state index contributed by atoms with van der Waals surface area (Å²) in [4.78, 5) is 18.5. The Morgan fingerprint density at radius 3 is 3.21 bits per heavy atom. The number of aromatic nitrogens is 2. The van der Waals surface area contributed by atoms with Crippen molar-refractivity contribution in [2.75, 3.05) is 26.2 Å². The van der Waals surface area contributed by atoms with Crippen LogP contribution in [0.4, 0.5) is 0 Å². The van der Waals surface area contributed by atoms with Crippen molar-refractivity contribution in [3.63, 3.8) is 0 Å². The van der Waals surface area contributed by atoms with E-state index in [4.69, 9.17) is 13.7 Å². The summed E-state index contributed by atoms with van der Waals surface area (Å²) in [5, 5.41) is 7.29. The fourth-order valence-electron chi connectivity index (χ4n) is 3.21. The second kappa shape index (κ2) is 6.74. The maximum absolute atomic E-state index is 12.3. The Hall–Kier alpha value is -2.19. The lowest BCUT2D eigenvalue weighted by Gasteiger charge is -2.25. The minimum Gasteiger partial charge on any atom is -0.461 e. The molecule has 1 amide bonds. The molecule has 2 aromatic rings. The van der Waals surface area contributed by atoms with Crippen LogP contribution in [0, 0.1) is 0 Å². The van der Waals surface area contributed by atoms with Crippen molar-refractivity contribution >= 4 is 5.91 Å². The number of ether oxygens (including phenoxy) is 1. The van der Waals surface area contributed by atoms with Crippen LogP contribution in [0.25, 0.3) is 11.6 Å². The van der Waals surface area contributed by atoms with Crippen molar-refractivity contribution < 1.29 is 18.5 Å². The van der Waals surface area contributed by atoms with Crippen LogP contribution in [0.1, 0.15) is 18.7 Å². The summed E-state index contributed by atoms with van der Waals surface area (Å²) in [7, 11) is 0. The molecule has 0 aliphatic carbocycles. The summed E-state index contributed by atoms with van der Waals surface area (Å²) in [6, 6.07) is 3.83. The zero-order valence-electron chi connectivity index (χ0n) is 13.3. The zero-order valence-corrected chi connectivity index (χ0v) is 13.3. The number of fused-ring (bicyclic) bond motifs is 1. The van der Waals surface area contributed by atoms with Crippen LogP contribution < -0.4 is 5.32 Å². The molecular weight excluding hydrogens is 312 g/mol. The molecule has 0 spiro atoms. The number of nitrogens with one attached hydrogen (secondary N) is 1. The van der Waals surface area contributed by atoms with Crippen LogP contribution in [-0.2, 0) is 16.0 Å². The smallest absolute Gasteiger partial charge is 0.238 e. The normalized spacial score (nSPS) is 23.4. The standard InChI is InChI=1S/C16H20N4O4/c21-15(20-9-11-13(10-20)23-8-6-17-11)5-1-4-14-18-16(19-24-14)12-3-2-7-22-12/h2-3,7,11,13,17H,1,4-6,8-10H2/t11-,13-/m0/s1. The number of hydrogen-bond donors (Lipinski definition) is 1. The van der Waals surface area contributed by atoms with Gasteiger partial charge in [-0.3, -0.25) is 4.79 Å². The fraction of sp³-hybridized carbons (Fsp3) is 0.562. The Morgan fingerprint density at radius 1 is 1.42 bits per heavy atom. The SMILES string of the molecule is O=C(CCCc1nc(-c2ccco2)no1)N1C[C@@H]2NCCO[C@H]2C1. The number of aryl methyl sites for hydroxylation is 1. The number of furan rings is 1. The second-order valence-electron chi connectivity index (χ2n) is 6.11. The van der Waals surface area contributed by atoms with E-state index in [2.05, 4.69) is 15.5 Å². The first-order chi connectivity index (χ1) is 11.8. The van der Waals surface area contributed by atoms with Gasteiger partial charge in [0, 0.05) is 32.5 Å². The molecule has 0 radical (unpaired) electrons. The monoisotopic (exact) mass is 332 g/mol. The number of likely N-dealkylation sites (tertiary alicyclic amines) is 1. The molecule has 2 saturated heterocycles. The average Bonchev–Trinajstić information content (AvgIpc) is 3.33. The molecule has 0 aromatic carbocycles. The molecule has 2 aromatic heterocycles. The third kappa shape index (κ3) is 3.20. The molecule has 4 rings (SSSR count). The van der Waals surface area contributed by atoms with E-state index in [0.29, 0.717) is 43.3 Å². The van der Waals surface area contributed by atoms with E-state index in [0.717, 1.165) is 19.7 Å². The topological polar surface area (TPSA) is 93.6 Å². The van der Waals surface area contributed by atoms with Gasteiger partial charge in [-0.15, -0.1) is 0 Å². The van der Waals surface area contributed by atoms with Crippen molar-refractivity contribution in [2.45, 2.75) is 31.4 Å². The minimum absolute atomic E-state index is 0.134. The maximum Gasteiger partial charge on any atom is 0.238 e. The highest BCUT2D eigenvalue weighted by Gasteiger charge is 2.37. The Balaban J connectivity index is 1.25. The number of hydrogen-bond acceptors (Lipinski definition) is 7. The van der Waals surface area contributed by atoms with Gasteiger partial charge in [-0.05, 0) is 18.6 Å². The summed E-state index contributed by atoms with van der Waals surface area (Å²) >= 11 is 0. The minimum atomic E-state index is 0.134. The predicted octanol–water partition coefficient (Wildman–Crippen LogP) is 0.851. The Morgan fingerprint density at radius 2 is 2.38 bits per heavy atom. The number of carbonyl (C=O) groups is 1. The highest BCUT2D eigenvalue weighted by Crippen LogP contribution is 2.19. The molecule has 0 bridgehead atoms.